The Balaban J connectivity index is 0.00000481. The first kappa shape index (κ1) is 29.5. The van der Waals surface area contributed by atoms with Gasteiger partial charge in [-0.05, 0) is 81.4 Å². The highest BCUT2D eigenvalue weighted by Crippen LogP contribution is 2.10. The number of piperidine rings is 1. The summed E-state index contributed by atoms with van der Waals surface area (Å²) >= 11 is 0. The third kappa shape index (κ3) is 9.33. The fourth-order valence-electron chi connectivity index (χ4n) is 3.65. The number of carbonyl (C=O) groups is 3. The van der Waals surface area contributed by atoms with Crippen LogP contribution in [0, 0.1) is 11.8 Å². The van der Waals surface area contributed by atoms with E-state index in [9.17, 15) is 19.5 Å². The lowest BCUT2D eigenvalue weighted by Crippen LogP contribution is -2.51. The second-order valence-corrected chi connectivity index (χ2v) is 8.53. The average Bonchev–Trinajstić information content (AvgIpc) is 2.90. The summed E-state index contributed by atoms with van der Waals surface area (Å²) in [6, 6.07) is 12.7. The first-order valence-corrected chi connectivity index (χ1v) is 11.7. The van der Waals surface area contributed by atoms with Crippen molar-refractivity contribution in [2.75, 3.05) is 25.0 Å². The number of hydroxylamine groups is 1. The molecule has 3 rings (SSSR count). The van der Waals surface area contributed by atoms with Crippen molar-refractivity contribution in [2.24, 2.45) is 0 Å². The summed E-state index contributed by atoms with van der Waals surface area (Å²) in [6.45, 7) is 3.54. The Kier molecular flexibility index (Phi) is 11.7. The van der Waals surface area contributed by atoms with E-state index in [1.165, 1.54) is 12.4 Å². The van der Waals surface area contributed by atoms with Crippen LogP contribution in [0.4, 0.5) is 5.69 Å². The molecule has 0 aliphatic carbocycles. The lowest BCUT2D eigenvalue weighted by molar-refractivity contribution is -0.133. The molecule has 0 radical (unpaired) electrons. The van der Waals surface area contributed by atoms with Crippen LogP contribution in [-0.4, -0.2) is 65.9 Å². The van der Waals surface area contributed by atoms with Gasteiger partial charge in [0, 0.05) is 28.4 Å². The van der Waals surface area contributed by atoms with Crippen molar-refractivity contribution in [2.45, 2.75) is 45.4 Å². The van der Waals surface area contributed by atoms with Crippen LogP contribution in [0.25, 0.3) is 0 Å². The zero-order valence-corrected chi connectivity index (χ0v) is 20.0. The Morgan fingerprint density at radius 1 is 1.00 bits per heavy atom. The molecule has 0 spiro atoms. The number of hydrogen-bond donors (Lipinski definition) is 7. The number of aliphatic hydroxyl groups is 1. The molecule has 2 aromatic carbocycles. The van der Waals surface area contributed by atoms with Gasteiger partial charge in [0.25, 0.3) is 11.8 Å². The average molecular weight is 510 g/mol. The van der Waals surface area contributed by atoms with Crippen molar-refractivity contribution >= 4 is 23.4 Å². The summed E-state index contributed by atoms with van der Waals surface area (Å²) in [4.78, 5) is 36.1. The molecule has 1 heterocycles. The quantitative estimate of drug-likeness (QED) is 0.159. The topological polar surface area (TPSA) is 152 Å². The van der Waals surface area contributed by atoms with Crippen LogP contribution in [0.5, 0.6) is 0 Å². The molecule has 1 saturated heterocycles. The molecule has 0 bridgehead atoms. The normalized spacial score (nSPS) is 14.7. The number of rotatable bonds is 8. The molecule has 1 aliphatic rings. The van der Waals surface area contributed by atoms with Crippen molar-refractivity contribution in [3.05, 3.63) is 65.2 Å². The number of carbonyl (C=O) groups excluding carboxylic acids is 3. The van der Waals surface area contributed by atoms with E-state index in [-0.39, 0.29) is 25.4 Å². The number of amides is 3. The SMILES string of the molecule is C.C[C@@H](O)[C@H](NC(=O)c1ccc(C#Cc2ccc(NC(=O)CNC3CCNCC3)cc2)cc1)C(=O)NO. The van der Waals surface area contributed by atoms with Gasteiger partial charge in [0.1, 0.15) is 6.04 Å². The van der Waals surface area contributed by atoms with Gasteiger partial charge in [-0.1, -0.05) is 19.3 Å². The molecule has 198 valence electrons. The molecule has 2 atom stereocenters. The molecule has 0 aromatic heterocycles. The summed E-state index contributed by atoms with van der Waals surface area (Å²) in [6.07, 6.45) is 0.842. The number of anilines is 1. The Morgan fingerprint density at radius 3 is 2.11 bits per heavy atom. The molecule has 0 unspecified atom stereocenters. The van der Waals surface area contributed by atoms with Gasteiger partial charge in [0.05, 0.1) is 12.6 Å². The van der Waals surface area contributed by atoms with Crippen molar-refractivity contribution in [3.8, 4) is 11.8 Å². The first-order chi connectivity index (χ1) is 17.4. The highest BCUT2D eigenvalue weighted by Gasteiger charge is 2.25. The molecule has 37 heavy (non-hydrogen) atoms. The minimum atomic E-state index is -1.29. The zero-order chi connectivity index (χ0) is 25.9. The fourth-order valence-corrected chi connectivity index (χ4v) is 3.65. The Labute approximate surface area is 217 Å². The van der Waals surface area contributed by atoms with Crippen LogP contribution in [0.3, 0.4) is 0 Å². The van der Waals surface area contributed by atoms with Crippen LogP contribution in [-0.2, 0) is 9.59 Å². The largest absolute Gasteiger partial charge is 0.391 e. The van der Waals surface area contributed by atoms with Gasteiger partial charge >= 0.3 is 0 Å². The zero-order valence-electron chi connectivity index (χ0n) is 20.0. The van der Waals surface area contributed by atoms with Crippen LogP contribution in [0.2, 0.25) is 0 Å². The predicted molar refractivity (Wildman–Crippen MR) is 141 cm³/mol. The van der Waals surface area contributed by atoms with Crippen LogP contribution >= 0.6 is 0 Å². The van der Waals surface area contributed by atoms with Gasteiger partial charge in [-0.3, -0.25) is 19.6 Å². The Morgan fingerprint density at radius 2 is 1.57 bits per heavy atom. The van der Waals surface area contributed by atoms with Gasteiger partial charge < -0.3 is 26.4 Å². The maximum Gasteiger partial charge on any atom is 0.268 e. The second-order valence-electron chi connectivity index (χ2n) is 8.53. The number of hydrogen-bond acceptors (Lipinski definition) is 7. The van der Waals surface area contributed by atoms with Gasteiger partial charge in [0.2, 0.25) is 5.91 Å². The van der Waals surface area contributed by atoms with E-state index >= 15 is 0 Å². The van der Waals surface area contributed by atoms with E-state index in [2.05, 4.69) is 33.1 Å². The van der Waals surface area contributed by atoms with Gasteiger partial charge in [-0.2, -0.15) is 0 Å². The van der Waals surface area contributed by atoms with Crippen molar-refractivity contribution in [1.29, 1.82) is 0 Å². The monoisotopic (exact) mass is 509 g/mol. The molecular weight excluding hydrogens is 474 g/mol. The third-order valence-corrected chi connectivity index (χ3v) is 5.72. The van der Waals surface area contributed by atoms with Crippen molar-refractivity contribution < 1.29 is 24.7 Å². The molecular formula is C27H35N5O5. The lowest BCUT2D eigenvalue weighted by atomic mass is 10.1. The van der Waals surface area contributed by atoms with E-state index in [1.54, 1.807) is 36.4 Å². The van der Waals surface area contributed by atoms with Crippen LogP contribution in [0.1, 0.15) is 48.7 Å². The second kappa shape index (κ2) is 14.7. The summed E-state index contributed by atoms with van der Waals surface area (Å²) in [5.74, 6) is 4.46. The molecule has 0 saturated carbocycles. The summed E-state index contributed by atoms with van der Waals surface area (Å²) in [5.41, 5.74) is 3.82. The minimum Gasteiger partial charge on any atom is -0.391 e. The minimum absolute atomic E-state index is 0. The highest BCUT2D eigenvalue weighted by atomic mass is 16.5. The Hall–Kier alpha value is -3.75. The van der Waals surface area contributed by atoms with E-state index in [0.717, 1.165) is 31.5 Å². The fraction of sp³-hybridized carbons (Fsp3) is 0.370. The van der Waals surface area contributed by atoms with E-state index in [0.29, 0.717) is 17.3 Å². The third-order valence-electron chi connectivity index (χ3n) is 5.72. The number of aliphatic hydroxyl groups excluding tert-OH is 1. The Bertz CT molecular complexity index is 1100. The van der Waals surface area contributed by atoms with Crippen LogP contribution in [0.15, 0.2) is 48.5 Å². The molecule has 2 aromatic rings. The standard InChI is InChI=1S/C26H31N5O5.CH4/c1-17(32)24(26(35)31-36)30-25(34)20-8-4-18(5-9-20)2-3-19-6-10-22(11-7-19)29-23(33)16-28-21-12-14-27-15-13-21;/h4-11,17,21,24,27-28,32,36H,12-16H2,1H3,(H,29,33)(H,30,34)(H,31,35);1H4/t17-,24+;/m1./s1. The highest BCUT2D eigenvalue weighted by molar-refractivity contribution is 5.97. The smallest absolute Gasteiger partial charge is 0.268 e. The number of nitrogens with one attached hydrogen (secondary N) is 5. The van der Waals surface area contributed by atoms with Gasteiger partial charge in [-0.25, -0.2) is 5.48 Å². The predicted octanol–water partition coefficient (Wildman–Crippen LogP) is 0.987. The maximum atomic E-state index is 12.3. The number of benzene rings is 2. The van der Waals surface area contributed by atoms with Gasteiger partial charge in [-0.15, -0.1) is 0 Å². The molecule has 3 amide bonds. The summed E-state index contributed by atoms with van der Waals surface area (Å²) < 4.78 is 0. The molecule has 1 aliphatic heterocycles. The van der Waals surface area contributed by atoms with Gasteiger partial charge in [0.15, 0.2) is 0 Å². The lowest BCUT2D eigenvalue weighted by Gasteiger charge is -2.23. The van der Waals surface area contributed by atoms with Crippen molar-refractivity contribution in [1.82, 2.24) is 21.4 Å². The van der Waals surface area contributed by atoms with E-state index in [4.69, 9.17) is 5.21 Å². The summed E-state index contributed by atoms with van der Waals surface area (Å²) in [7, 11) is 0. The first-order valence-electron chi connectivity index (χ1n) is 11.7. The van der Waals surface area contributed by atoms with Crippen molar-refractivity contribution in [3.63, 3.8) is 0 Å². The molecule has 1 fully saturated rings. The summed E-state index contributed by atoms with van der Waals surface area (Å²) in [5, 5.41) is 30.2. The molecule has 10 heteroatoms. The molecule has 10 nitrogen and oxygen atoms in total. The maximum absolute atomic E-state index is 12.3. The van der Waals surface area contributed by atoms with E-state index < -0.39 is 24.0 Å². The van der Waals surface area contributed by atoms with E-state index in [1.807, 2.05) is 12.1 Å². The van der Waals surface area contributed by atoms with Crippen LogP contribution < -0.4 is 26.7 Å². The molecule has 7 N–H and O–H groups in total.